The predicted octanol–water partition coefficient (Wildman–Crippen LogP) is 9.31. The molecule has 49 heavy (non-hydrogen) atoms. The molecule has 0 aliphatic rings. The topological polar surface area (TPSA) is 79.7 Å². The summed E-state index contributed by atoms with van der Waals surface area (Å²) in [5, 5.41) is 0.837. The van der Waals surface area contributed by atoms with Gasteiger partial charge in [-0.25, -0.2) is 18.6 Å². The Morgan fingerprint density at radius 3 is 2.27 bits per heavy atom. The molecule has 0 saturated heterocycles. The number of methoxy groups -OCH3 is 2. The second-order valence-electron chi connectivity index (χ2n) is 11.3. The summed E-state index contributed by atoms with van der Waals surface area (Å²) in [4.78, 5) is 28.8. The molecule has 0 aliphatic carbocycles. The number of halogens is 4. The van der Waals surface area contributed by atoms with Crippen molar-refractivity contribution in [2.75, 3.05) is 14.2 Å². The molecule has 0 amide bonds. The number of rotatable bonds is 11. The standard InChI is InChI=1S/C38H32Cl2F2N2O5/c1-22(2)49-35(45)18-26-11-10-25(17-33(26)47-3)24-8-5-23(6-9-24)7-16-34-43-32(29-15-13-28(39)19-31(29)40)21-44(34)20-27-12-14-30(38(46)48-4)37(42)36(27)41/h5-17,19,21-22H,18,20H2,1-4H3/b16-7+. The summed E-state index contributed by atoms with van der Waals surface area (Å²) in [6.45, 7) is 3.52. The first-order valence-corrected chi connectivity index (χ1v) is 16.0. The number of imidazole rings is 1. The Kier molecular flexibility index (Phi) is 11.2. The van der Waals surface area contributed by atoms with Crippen molar-refractivity contribution in [3.63, 3.8) is 0 Å². The molecular formula is C38H32Cl2F2N2O5. The van der Waals surface area contributed by atoms with Crippen LogP contribution >= 0.6 is 23.2 Å². The molecule has 0 N–H and O–H groups in total. The largest absolute Gasteiger partial charge is 0.496 e. The van der Waals surface area contributed by atoms with Crippen LogP contribution in [0.3, 0.4) is 0 Å². The molecule has 0 radical (unpaired) electrons. The number of nitrogens with zero attached hydrogens (tertiary/aromatic N) is 2. The third-order valence-electron chi connectivity index (χ3n) is 7.58. The summed E-state index contributed by atoms with van der Waals surface area (Å²) in [5.74, 6) is -2.72. The quantitative estimate of drug-likeness (QED) is 0.128. The van der Waals surface area contributed by atoms with E-state index >= 15 is 4.39 Å². The molecule has 4 aromatic carbocycles. The first kappa shape index (κ1) is 35.3. The molecule has 0 fully saturated rings. The molecule has 11 heteroatoms. The lowest BCUT2D eigenvalue weighted by molar-refractivity contribution is -0.146. The summed E-state index contributed by atoms with van der Waals surface area (Å²) in [7, 11) is 2.65. The van der Waals surface area contributed by atoms with Crippen LogP contribution in [-0.4, -0.2) is 41.8 Å². The van der Waals surface area contributed by atoms with Crippen molar-refractivity contribution < 1.29 is 32.6 Å². The van der Waals surface area contributed by atoms with Gasteiger partial charge in [0.25, 0.3) is 0 Å². The van der Waals surface area contributed by atoms with Crippen LogP contribution in [0, 0.1) is 11.6 Å². The molecule has 0 spiro atoms. The maximum Gasteiger partial charge on any atom is 0.340 e. The Morgan fingerprint density at radius 1 is 0.878 bits per heavy atom. The smallest absolute Gasteiger partial charge is 0.340 e. The number of aromatic nitrogens is 2. The lowest BCUT2D eigenvalue weighted by Gasteiger charge is -2.12. The summed E-state index contributed by atoms with van der Waals surface area (Å²) in [5.41, 5.74) is 4.04. The van der Waals surface area contributed by atoms with Crippen LogP contribution in [0.5, 0.6) is 5.75 Å². The molecule has 0 unspecified atom stereocenters. The summed E-state index contributed by atoms with van der Waals surface area (Å²) < 4.78 is 46.9. The Morgan fingerprint density at radius 2 is 1.59 bits per heavy atom. The number of hydrogen-bond donors (Lipinski definition) is 0. The number of hydrogen-bond acceptors (Lipinski definition) is 6. The van der Waals surface area contributed by atoms with Crippen LogP contribution in [0.25, 0.3) is 34.5 Å². The van der Waals surface area contributed by atoms with Crippen molar-refractivity contribution in [2.24, 2.45) is 0 Å². The molecule has 1 heterocycles. The van der Waals surface area contributed by atoms with Crippen molar-refractivity contribution in [3.8, 4) is 28.1 Å². The van der Waals surface area contributed by atoms with Gasteiger partial charge in [-0.3, -0.25) is 4.79 Å². The summed E-state index contributed by atoms with van der Waals surface area (Å²) in [6.07, 6.45) is 5.19. The van der Waals surface area contributed by atoms with E-state index in [4.69, 9.17) is 37.7 Å². The molecule has 0 bridgehead atoms. The fraction of sp³-hybridized carbons (Fsp3) is 0.184. The highest BCUT2D eigenvalue weighted by molar-refractivity contribution is 6.36. The number of carbonyl (C=O) groups is 2. The minimum atomic E-state index is -1.29. The first-order valence-electron chi connectivity index (χ1n) is 15.2. The van der Waals surface area contributed by atoms with E-state index in [1.54, 1.807) is 56.0 Å². The molecule has 1 aromatic heterocycles. The third kappa shape index (κ3) is 8.36. The van der Waals surface area contributed by atoms with Gasteiger partial charge in [0.15, 0.2) is 11.6 Å². The Balaban J connectivity index is 1.43. The van der Waals surface area contributed by atoms with Crippen LogP contribution in [-0.2, 0) is 27.2 Å². The van der Waals surface area contributed by atoms with Gasteiger partial charge in [0.1, 0.15) is 11.6 Å². The second kappa shape index (κ2) is 15.5. The fourth-order valence-corrected chi connectivity index (χ4v) is 5.67. The van der Waals surface area contributed by atoms with Gasteiger partial charge in [0.05, 0.1) is 49.6 Å². The zero-order chi connectivity index (χ0) is 35.2. The maximum atomic E-state index is 15.1. The van der Waals surface area contributed by atoms with Gasteiger partial charge in [-0.05, 0) is 66.9 Å². The van der Waals surface area contributed by atoms with E-state index in [0.29, 0.717) is 32.9 Å². The van der Waals surface area contributed by atoms with E-state index in [0.717, 1.165) is 29.4 Å². The summed E-state index contributed by atoms with van der Waals surface area (Å²) >= 11 is 12.6. The highest BCUT2D eigenvalue weighted by atomic mass is 35.5. The van der Waals surface area contributed by atoms with Crippen LogP contribution in [0.4, 0.5) is 8.78 Å². The van der Waals surface area contributed by atoms with Crippen molar-refractivity contribution >= 4 is 47.3 Å². The average molecular weight is 706 g/mol. The molecule has 0 saturated carbocycles. The van der Waals surface area contributed by atoms with Crippen molar-refractivity contribution in [2.45, 2.75) is 32.9 Å². The van der Waals surface area contributed by atoms with Crippen LogP contribution < -0.4 is 4.74 Å². The minimum absolute atomic E-state index is 0.00793. The molecule has 0 aliphatic heterocycles. The molecule has 252 valence electrons. The van der Waals surface area contributed by atoms with Crippen molar-refractivity contribution in [1.29, 1.82) is 0 Å². The number of ether oxygens (including phenoxy) is 3. The fourth-order valence-electron chi connectivity index (χ4n) is 5.17. The normalized spacial score (nSPS) is 11.3. The predicted molar refractivity (Wildman–Crippen MR) is 187 cm³/mol. The third-order valence-corrected chi connectivity index (χ3v) is 8.13. The van der Waals surface area contributed by atoms with Gasteiger partial charge >= 0.3 is 11.9 Å². The Labute approximate surface area is 292 Å². The molecule has 5 rings (SSSR count). The highest BCUT2D eigenvalue weighted by Crippen LogP contribution is 2.32. The van der Waals surface area contributed by atoms with Crippen LogP contribution in [0.15, 0.2) is 79.0 Å². The number of benzene rings is 4. The number of carbonyl (C=O) groups excluding carboxylic acids is 2. The van der Waals surface area contributed by atoms with Crippen molar-refractivity contribution in [1.82, 2.24) is 9.55 Å². The Bertz CT molecular complexity index is 2040. The molecular weight excluding hydrogens is 673 g/mol. The van der Waals surface area contributed by atoms with Crippen molar-refractivity contribution in [3.05, 3.63) is 129 Å². The van der Waals surface area contributed by atoms with E-state index in [1.807, 2.05) is 48.5 Å². The van der Waals surface area contributed by atoms with E-state index in [-0.39, 0.29) is 30.6 Å². The van der Waals surface area contributed by atoms with Gasteiger partial charge < -0.3 is 18.8 Å². The van der Waals surface area contributed by atoms with E-state index in [1.165, 1.54) is 12.1 Å². The average Bonchev–Trinajstić information content (AvgIpc) is 3.47. The lowest BCUT2D eigenvalue weighted by atomic mass is 10.0. The van der Waals surface area contributed by atoms with Crippen LogP contribution in [0.1, 0.15) is 46.7 Å². The lowest BCUT2D eigenvalue weighted by Crippen LogP contribution is -2.14. The first-order chi connectivity index (χ1) is 23.5. The maximum absolute atomic E-state index is 15.1. The number of esters is 2. The van der Waals surface area contributed by atoms with E-state index in [9.17, 15) is 14.0 Å². The van der Waals surface area contributed by atoms with Crippen LogP contribution in [0.2, 0.25) is 10.0 Å². The van der Waals surface area contributed by atoms with Gasteiger partial charge in [-0.1, -0.05) is 71.7 Å². The van der Waals surface area contributed by atoms with E-state index in [2.05, 4.69) is 4.74 Å². The Hall–Kier alpha value is -4.99. The second-order valence-corrected chi connectivity index (χ2v) is 12.2. The molecule has 7 nitrogen and oxygen atoms in total. The SMILES string of the molecule is COC(=O)c1ccc(Cn2cc(-c3ccc(Cl)cc3Cl)nc2/C=C/c2ccc(-c3ccc(CC(=O)OC(C)C)c(OC)c3)cc2)c(F)c1F. The zero-order valence-electron chi connectivity index (χ0n) is 27.1. The monoisotopic (exact) mass is 704 g/mol. The minimum Gasteiger partial charge on any atom is -0.496 e. The summed E-state index contributed by atoms with van der Waals surface area (Å²) in [6, 6.07) is 20.9. The molecule has 0 atom stereocenters. The van der Waals surface area contributed by atoms with Gasteiger partial charge in [0, 0.05) is 27.9 Å². The zero-order valence-corrected chi connectivity index (χ0v) is 28.6. The van der Waals surface area contributed by atoms with E-state index < -0.39 is 23.2 Å². The van der Waals surface area contributed by atoms with Gasteiger partial charge in [-0.2, -0.15) is 0 Å². The highest BCUT2D eigenvalue weighted by Gasteiger charge is 2.21. The van der Waals surface area contributed by atoms with Gasteiger partial charge in [0.2, 0.25) is 0 Å². The molecule has 5 aromatic rings. The van der Waals surface area contributed by atoms with Gasteiger partial charge in [-0.15, -0.1) is 0 Å².